The van der Waals surface area contributed by atoms with Gasteiger partial charge in [-0.15, -0.1) is 0 Å². The summed E-state index contributed by atoms with van der Waals surface area (Å²) in [7, 11) is 0. The van der Waals surface area contributed by atoms with Crippen molar-refractivity contribution < 1.29 is 14.6 Å². The molecule has 0 unspecified atom stereocenters. The van der Waals surface area contributed by atoms with E-state index in [2.05, 4.69) is 45.0 Å². The molecular formula is C27H32N2O3. The Morgan fingerprint density at radius 1 is 1.06 bits per heavy atom. The number of aromatic carboxylic acids is 1. The van der Waals surface area contributed by atoms with Gasteiger partial charge in [-0.3, -0.25) is 4.98 Å². The predicted molar refractivity (Wildman–Crippen MR) is 128 cm³/mol. The van der Waals surface area contributed by atoms with E-state index in [4.69, 9.17) is 15.5 Å². The molecule has 0 atom stereocenters. The molecule has 0 aliphatic rings. The standard InChI is InChI=1S/C27H32N2O3/c1-16(2)13-24-22(14-28)25(20-11-9-17(3)10-12-20)23(19(5)29-24)15-32-26-18(4)7-6-8-21(26)27(30)31/h6-12,16H,13-15,28H2,1-5H3,(H,30,31). The number of nitrogens with two attached hydrogens (primary N) is 1. The number of ether oxygens (including phenoxy) is 1. The maximum absolute atomic E-state index is 11.7. The zero-order chi connectivity index (χ0) is 23.4. The lowest BCUT2D eigenvalue weighted by Gasteiger charge is -2.22. The molecule has 0 saturated carbocycles. The minimum Gasteiger partial charge on any atom is -0.488 e. The second kappa shape index (κ2) is 9.96. The Bertz CT molecular complexity index is 1120. The van der Waals surface area contributed by atoms with Gasteiger partial charge in [-0.1, -0.05) is 55.8 Å². The molecule has 3 rings (SSSR count). The fraction of sp³-hybridized carbons (Fsp3) is 0.333. The number of benzene rings is 2. The number of carboxylic acid groups (broad SMARTS) is 1. The lowest BCUT2D eigenvalue weighted by molar-refractivity contribution is 0.0691. The molecule has 1 aromatic heterocycles. The van der Waals surface area contributed by atoms with Crippen LogP contribution in [-0.4, -0.2) is 16.1 Å². The van der Waals surface area contributed by atoms with Crippen molar-refractivity contribution >= 4 is 5.97 Å². The van der Waals surface area contributed by atoms with Crippen molar-refractivity contribution in [3.8, 4) is 16.9 Å². The largest absolute Gasteiger partial charge is 0.488 e. The SMILES string of the molecule is Cc1ccc(-c2c(COc3c(C)cccc3C(=O)O)c(C)nc(CC(C)C)c2CN)cc1. The smallest absolute Gasteiger partial charge is 0.339 e. The summed E-state index contributed by atoms with van der Waals surface area (Å²) in [6, 6.07) is 13.5. The molecule has 0 saturated heterocycles. The molecule has 3 N–H and O–H groups in total. The summed E-state index contributed by atoms with van der Waals surface area (Å²) in [6.45, 7) is 10.8. The zero-order valence-electron chi connectivity index (χ0n) is 19.5. The van der Waals surface area contributed by atoms with Gasteiger partial charge in [0.2, 0.25) is 0 Å². The van der Waals surface area contributed by atoms with E-state index in [0.29, 0.717) is 18.2 Å². The number of carboxylic acids is 1. The van der Waals surface area contributed by atoms with Gasteiger partial charge in [0.05, 0.1) is 0 Å². The average Bonchev–Trinajstić information content (AvgIpc) is 2.73. The highest BCUT2D eigenvalue weighted by Gasteiger charge is 2.21. The van der Waals surface area contributed by atoms with Crippen LogP contribution in [0.3, 0.4) is 0 Å². The molecule has 0 fully saturated rings. The molecule has 5 heteroatoms. The number of aryl methyl sites for hydroxylation is 3. The Morgan fingerprint density at radius 3 is 2.34 bits per heavy atom. The molecule has 5 nitrogen and oxygen atoms in total. The molecule has 0 aliphatic carbocycles. The molecule has 0 aliphatic heterocycles. The lowest BCUT2D eigenvalue weighted by atomic mass is 9.90. The van der Waals surface area contributed by atoms with Crippen molar-refractivity contribution in [1.29, 1.82) is 0 Å². The van der Waals surface area contributed by atoms with E-state index in [-0.39, 0.29) is 12.2 Å². The summed E-state index contributed by atoms with van der Waals surface area (Å²) in [5, 5.41) is 9.59. The first-order valence-electron chi connectivity index (χ1n) is 11.0. The number of rotatable bonds is 8. The normalized spacial score (nSPS) is 11.1. The van der Waals surface area contributed by atoms with Crippen LogP contribution in [-0.2, 0) is 19.6 Å². The maximum Gasteiger partial charge on any atom is 0.339 e. The Morgan fingerprint density at radius 2 is 1.75 bits per heavy atom. The van der Waals surface area contributed by atoms with Gasteiger partial charge in [0.25, 0.3) is 0 Å². The second-order valence-electron chi connectivity index (χ2n) is 8.69. The van der Waals surface area contributed by atoms with E-state index >= 15 is 0 Å². The molecule has 0 amide bonds. The first-order valence-corrected chi connectivity index (χ1v) is 11.0. The molecule has 168 valence electrons. The number of pyridine rings is 1. The quantitative estimate of drug-likeness (QED) is 0.483. The molecule has 32 heavy (non-hydrogen) atoms. The summed E-state index contributed by atoms with van der Waals surface area (Å²) in [5.74, 6) is -0.174. The van der Waals surface area contributed by atoms with Crippen LogP contribution in [0, 0.1) is 26.7 Å². The van der Waals surface area contributed by atoms with Crippen molar-refractivity contribution in [2.24, 2.45) is 11.7 Å². The highest BCUT2D eigenvalue weighted by atomic mass is 16.5. The van der Waals surface area contributed by atoms with Crippen molar-refractivity contribution in [3.63, 3.8) is 0 Å². The third-order valence-corrected chi connectivity index (χ3v) is 5.64. The van der Waals surface area contributed by atoms with E-state index in [1.54, 1.807) is 12.1 Å². The van der Waals surface area contributed by atoms with Crippen LogP contribution in [0.2, 0.25) is 0 Å². The minimum absolute atomic E-state index is 0.156. The summed E-state index contributed by atoms with van der Waals surface area (Å²) in [5.41, 5.74) is 14.3. The fourth-order valence-electron chi connectivity index (χ4n) is 4.02. The molecule has 0 bridgehead atoms. The summed E-state index contributed by atoms with van der Waals surface area (Å²) >= 11 is 0. The van der Waals surface area contributed by atoms with E-state index < -0.39 is 5.97 Å². The van der Waals surface area contributed by atoms with Crippen LogP contribution in [0.5, 0.6) is 5.75 Å². The topological polar surface area (TPSA) is 85.4 Å². The molecule has 0 spiro atoms. The maximum atomic E-state index is 11.7. The summed E-state index contributed by atoms with van der Waals surface area (Å²) < 4.78 is 6.14. The Kier molecular flexibility index (Phi) is 7.31. The van der Waals surface area contributed by atoms with Gasteiger partial charge in [-0.25, -0.2) is 4.79 Å². The van der Waals surface area contributed by atoms with Gasteiger partial charge < -0.3 is 15.6 Å². The molecular weight excluding hydrogens is 400 g/mol. The number of para-hydroxylation sites is 1. The van der Waals surface area contributed by atoms with Gasteiger partial charge in [-0.2, -0.15) is 0 Å². The molecule has 3 aromatic rings. The van der Waals surface area contributed by atoms with E-state index in [1.165, 1.54) is 5.56 Å². The Balaban J connectivity index is 2.15. The predicted octanol–water partition coefficient (Wildman–Crippen LogP) is 5.61. The van der Waals surface area contributed by atoms with Gasteiger partial charge >= 0.3 is 5.97 Å². The van der Waals surface area contributed by atoms with E-state index in [0.717, 1.165) is 45.6 Å². The summed E-state index contributed by atoms with van der Waals surface area (Å²) in [4.78, 5) is 16.6. The first kappa shape index (κ1) is 23.5. The van der Waals surface area contributed by atoms with Crippen molar-refractivity contribution in [2.45, 2.75) is 54.2 Å². The van der Waals surface area contributed by atoms with Crippen molar-refractivity contribution in [1.82, 2.24) is 4.98 Å². The Hall–Kier alpha value is -3.18. The van der Waals surface area contributed by atoms with Crippen LogP contribution < -0.4 is 10.5 Å². The van der Waals surface area contributed by atoms with Gasteiger partial charge in [0.1, 0.15) is 17.9 Å². The third kappa shape index (κ3) is 5.00. The third-order valence-electron chi connectivity index (χ3n) is 5.64. The van der Waals surface area contributed by atoms with Gasteiger partial charge in [0, 0.05) is 23.5 Å². The summed E-state index contributed by atoms with van der Waals surface area (Å²) in [6.07, 6.45) is 0.842. The zero-order valence-corrected chi connectivity index (χ0v) is 19.5. The lowest BCUT2D eigenvalue weighted by Crippen LogP contribution is -2.15. The van der Waals surface area contributed by atoms with Gasteiger partial charge in [-0.05, 0) is 61.4 Å². The Labute approximate surface area is 190 Å². The van der Waals surface area contributed by atoms with Crippen molar-refractivity contribution in [3.05, 3.63) is 81.7 Å². The van der Waals surface area contributed by atoms with Crippen LogP contribution in [0.4, 0.5) is 0 Å². The number of carbonyl (C=O) groups is 1. The van der Waals surface area contributed by atoms with Crippen LogP contribution in [0.15, 0.2) is 42.5 Å². The van der Waals surface area contributed by atoms with Crippen LogP contribution in [0.25, 0.3) is 11.1 Å². The molecule has 1 heterocycles. The fourth-order valence-corrected chi connectivity index (χ4v) is 4.02. The van der Waals surface area contributed by atoms with Crippen LogP contribution in [0.1, 0.15) is 57.8 Å². The van der Waals surface area contributed by atoms with Crippen molar-refractivity contribution in [2.75, 3.05) is 0 Å². The minimum atomic E-state index is -1.01. The van der Waals surface area contributed by atoms with Crippen LogP contribution >= 0.6 is 0 Å². The highest BCUT2D eigenvalue weighted by Crippen LogP contribution is 2.34. The average molecular weight is 433 g/mol. The number of hydrogen-bond acceptors (Lipinski definition) is 4. The van der Waals surface area contributed by atoms with Gasteiger partial charge in [0.15, 0.2) is 0 Å². The molecule has 0 radical (unpaired) electrons. The second-order valence-corrected chi connectivity index (χ2v) is 8.69. The molecule has 2 aromatic carbocycles. The van der Waals surface area contributed by atoms with E-state index in [1.807, 2.05) is 19.9 Å². The number of nitrogens with zero attached hydrogens (tertiary/aromatic N) is 1. The number of hydrogen-bond donors (Lipinski definition) is 2. The highest BCUT2D eigenvalue weighted by molar-refractivity contribution is 5.91. The van der Waals surface area contributed by atoms with E-state index in [9.17, 15) is 9.90 Å². The number of aromatic nitrogens is 1. The monoisotopic (exact) mass is 432 g/mol. The first-order chi connectivity index (χ1) is 15.2.